The van der Waals surface area contributed by atoms with Crippen molar-refractivity contribution in [1.29, 1.82) is 0 Å². The molecule has 0 amide bonds. The minimum absolute atomic E-state index is 0.0264. The molecule has 1 aromatic carbocycles. The summed E-state index contributed by atoms with van der Waals surface area (Å²) in [6.45, 7) is 5.28. The van der Waals surface area contributed by atoms with Gasteiger partial charge in [0, 0.05) is 36.6 Å². The highest BCUT2D eigenvalue weighted by molar-refractivity contribution is 5.81. The summed E-state index contributed by atoms with van der Waals surface area (Å²) in [5.41, 5.74) is 1.97. The maximum absolute atomic E-state index is 11.7. The van der Waals surface area contributed by atoms with E-state index < -0.39 is 0 Å². The molecule has 2 heterocycles. The molecule has 0 unspecified atom stereocenters. The van der Waals surface area contributed by atoms with Crippen LogP contribution in [0.25, 0.3) is 10.9 Å². The second-order valence-corrected chi connectivity index (χ2v) is 5.78. The molecule has 1 aliphatic heterocycles. The minimum Gasteiger partial charge on any atom is -0.322 e. The van der Waals surface area contributed by atoms with Crippen LogP contribution >= 0.6 is 0 Å². The Kier molecular flexibility index (Phi) is 4.68. The van der Waals surface area contributed by atoms with Crippen LogP contribution in [0.1, 0.15) is 24.8 Å². The number of H-pyrrole nitrogens is 1. The van der Waals surface area contributed by atoms with Gasteiger partial charge in [-0.25, -0.2) is 0 Å². The number of para-hydroxylation sites is 1. The van der Waals surface area contributed by atoms with E-state index in [1.807, 2.05) is 18.2 Å². The second-order valence-electron chi connectivity index (χ2n) is 5.78. The van der Waals surface area contributed by atoms with E-state index in [4.69, 9.17) is 0 Å². The Labute approximate surface area is 125 Å². The van der Waals surface area contributed by atoms with Crippen molar-refractivity contribution in [3.05, 3.63) is 46.2 Å². The molecule has 2 aromatic rings. The highest BCUT2D eigenvalue weighted by atomic mass is 16.1. The fourth-order valence-corrected chi connectivity index (χ4v) is 3.07. The molecule has 1 aromatic heterocycles. The Morgan fingerprint density at radius 3 is 2.81 bits per heavy atom. The van der Waals surface area contributed by atoms with Gasteiger partial charge in [0.2, 0.25) is 5.56 Å². The smallest absolute Gasteiger partial charge is 0.248 e. The molecule has 4 nitrogen and oxygen atoms in total. The molecule has 1 aliphatic rings. The average molecular weight is 285 g/mol. The SMILES string of the molecule is O=c1cc(CNCCN2CCCCC2)c2ccccc2[nH]1. The number of likely N-dealkylation sites (tertiary alicyclic amines) is 1. The number of fused-ring (bicyclic) bond motifs is 1. The predicted octanol–water partition coefficient (Wildman–Crippen LogP) is 2.10. The van der Waals surface area contributed by atoms with E-state index in [1.165, 1.54) is 32.4 Å². The molecule has 0 spiro atoms. The van der Waals surface area contributed by atoms with Gasteiger partial charge in [0.1, 0.15) is 0 Å². The van der Waals surface area contributed by atoms with E-state index in [9.17, 15) is 4.79 Å². The molecule has 2 N–H and O–H groups in total. The number of rotatable bonds is 5. The van der Waals surface area contributed by atoms with Crippen molar-refractivity contribution < 1.29 is 0 Å². The van der Waals surface area contributed by atoms with Crippen LogP contribution in [0.4, 0.5) is 0 Å². The number of benzene rings is 1. The van der Waals surface area contributed by atoms with Crippen molar-refractivity contribution in [2.75, 3.05) is 26.2 Å². The van der Waals surface area contributed by atoms with Crippen LogP contribution in [0.3, 0.4) is 0 Å². The van der Waals surface area contributed by atoms with Crippen molar-refractivity contribution in [1.82, 2.24) is 15.2 Å². The molecule has 0 atom stereocenters. The summed E-state index contributed by atoms with van der Waals surface area (Å²) < 4.78 is 0. The number of hydrogen-bond donors (Lipinski definition) is 2. The molecular weight excluding hydrogens is 262 g/mol. The second kappa shape index (κ2) is 6.87. The number of hydrogen-bond acceptors (Lipinski definition) is 3. The molecule has 0 radical (unpaired) electrons. The van der Waals surface area contributed by atoms with E-state index in [0.29, 0.717) is 0 Å². The first kappa shape index (κ1) is 14.3. The van der Waals surface area contributed by atoms with Gasteiger partial charge in [0.25, 0.3) is 0 Å². The Hall–Kier alpha value is -1.65. The molecule has 1 fully saturated rings. The lowest BCUT2D eigenvalue weighted by Gasteiger charge is -2.26. The highest BCUT2D eigenvalue weighted by Gasteiger charge is 2.09. The zero-order valence-corrected chi connectivity index (χ0v) is 12.4. The third-order valence-corrected chi connectivity index (χ3v) is 4.21. The van der Waals surface area contributed by atoms with Crippen LogP contribution in [0.15, 0.2) is 35.1 Å². The first-order valence-corrected chi connectivity index (χ1v) is 7.87. The predicted molar refractivity (Wildman–Crippen MR) is 86.6 cm³/mol. The first-order chi connectivity index (χ1) is 10.3. The largest absolute Gasteiger partial charge is 0.322 e. The van der Waals surface area contributed by atoms with Gasteiger partial charge in [-0.3, -0.25) is 4.79 Å². The van der Waals surface area contributed by atoms with Crippen LogP contribution in [0, 0.1) is 0 Å². The first-order valence-electron chi connectivity index (χ1n) is 7.87. The van der Waals surface area contributed by atoms with Crippen molar-refractivity contribution in [2.24, 2.45) is 0 Å². The maximum Gasteiger partial charge on any atom is 0.248 e. The van der Waals surface area contributed by atoms with Crippen LogP contribution in [-0.2, 0) is 6.54 Å². The lowest BCUT2D eigenvalue weighted by Crippen LogP contribution is -2.35. The normalized spacial score (nSPS) is 16.4. The number of piperidine rings is 1. The minimum atomic E-state index is -0.0264. The Morgan fingerprint density at radius 2 is 1.95 bits per heavy atom. The molecule has 112 valence electrons. The summed E-state index contributed by atoms with van der Waals surface area (Å²) in [5, 5.41) is 4.60. The summed E-state index contributed by atoms with van der Waals surface area (Å²) in [4.78, 5) is 17.1. The van der Waals surface area contributed by atoms with Crippen LogP contribution in [-0.4, -0.2) is 36.1 Å². The summed E-state index contributed by atoms with van der Waals surface area (Å²) in [7, 11) is 0. The fraction of sp³-hybridized carbons (Fsp3) is 0.471. The van der Waals surface area contributed by atoms with E-state index in [0.717, 1.165) is 36.1 Å². The summed E-state index contributed by atoms with van der Waals surface area (Å²) in [5.74, 6) is 0. The molecule has 0 bridgehead atoms. The van der Waals surface area contributed by atoms with Gasteiger partial charge in [0.05, 0.1) is 0 Å². The number of nitrogens with one attached hydrogen (secondary N) is 2. The van der Waals surface area contributed by atoms with Gasteiger partial charge in [-0.2, -0.15) is 0 Å². The highest BCUT2D eigenvalue weighted by Crippen LogP contribution is 2.14. The Bertz CT molecular complexity index is 644. The van der Waals surface area contributed by atoms with E-state index in [-0.39, 0.29) is 5.56 Å². The number of aromatic nitrogens is 1. The molecule has 0 saturated carbocycles. The van der Waals surface area contributed by atoms with Gasteiger partial charge in [-0.05, 0) is 37.6 Å². The fourth-order valence-electron chi connectivity index (χ4n) is 3.07. The van der Waals surface area contributed by atoms with Gasteiger partial charge < -0.3 is 15.2 Å². The summed E-state index contributed by atoms with van der Waals surface area (Å²) in [6, 6.07) is 9.68. The van der Waals surface area contributed by atoms with Crippen molar-refractivity contribution in [3.8, 4) is 0 Å². The quantitative estimate of drug-likeness (QED) is 0.827. The maximum atomic E-state index is 11.7. The van der Waals surface area contributed by atoms with E-state index >= 15 is 0 Å². The molecule has 21 heavy (non-hydrogen) atoms. The van der Waals surface area contributed by atoms with Gasteiger partial charge in [0.15, 0.2) is 0 Å². The van der Waals surface area contributed by atoms with Gasteiger partial charge in [-0.15, -0.1) is 0 Å². The van der Waals surface area contributed by atoms with E-state index in [1.54, 1.807) is 6.07 Å². The molecule has 3 rings (SSSR count). The molecular formula is C17H23N3O. The Balaban J connectivity index is 1.58. The molecule has 4 heteroatoms. The van der Waals surface area contributed by atoms with Gasteiger partial charge >= 0.3 is 0 Å². The number of pyridine rings is 1. The third kappa shape index (κ3) is 3.71. The van der Waals surface area contributed by atoms with Crippen LogP contribution in [0.5, 0.6) is 0 Å². The van der Waals surface area contributed by atoms with Crippen LogP contribution < -0.4 is 10.9 Å². The topological polar surface area (TPSA) is 48.1 Å². The Morgan fingerprint density at radius 1 is 1.14 bits per heavy atom. The van der Waals surface area contributed by atoms with Crippen molar-refractivity contribution in [3.63, 3.8) is 0 Å². The standard InChI is InChI=1S/C17H23N3O/c21-17-12-14(15-6-2-3-7-16(15)19-17)13-18-8-11-20-9-4-1-5-10-20/h2-3,6-7,12,18H,1,4-5,8-11,13H2,(H,19,21). The van der Waals surface area contributed by atoms with Crippen molar-refractivity contribution >= 4 is 10.9 Å². The number of nitrogens with zero attached hydrogens (tertiary/aromatic N) is 1. The number of aromatic amines is 1. The summed E-state index contributed by atoms with van der Waals surface area (Å²) in [6.07, 6.45) is 4.04. The zero-order chi connectivity index (χ0) is 14.5. The average Bonchev–Trinajstić information content (AvgIpc) is 2.52. The van der Waals surface area contributed by atoms with Gasteiger partial charge in [-0.1, -0.05) is 24.6 Å². The monoisotopic (exact) mass is 285 g/mol. The lowest BCUT2D eigenvalue weighted by atomic mass is 10.1. The summed E-state index contributed by atoms with van der Waals surface area (Å²) >= 11 is 0. The van der Waals surface area contributed by atoms with Crippen LogP contribution in [0.2, 0.25) is 0 Å². The lowest BCUT2D eigenvalue weighted by molar-refractivity contribution is 0.229. The van der Waals surface area contributed by atoms with E-state index in [2.05, 4.69) is 21.3 Å². The van der Waals surface area contributed by atoms with Crippen molar-refractivity contribution in [2.45, 2.75) is 25.8 Å². The zero-order valence-electron chi connectivity index (χ0n) is 12.4. The third-order valence-electron chi connectivity index (χ3n) is 4.21. The molecule has 1 saturated heterocycles. The molecule has 0 aliphatic carbocycles.